The fourth-order valence-corrected chi connectivity index (χ4v) is 2.28. The van der Waals surface area contributed by atoms with Crippen molar-refractivity contribution >= 4 is 0 Å². The van der Waals surface area contributed by atoms with E-state index in [0.29, 0.717) is 5.92 Å². The van der Waals surface area contributed by atoms with Crippen molar-refractivity contribution in [1.82, 2.24) is 0 Å². The molecule has 0 aromatic heterocycles. The van der Waals surface area contributed by atoms with E-state index < -0.39 is 0 Å². The summed E-state index contributed by atoms with van der Waals surface area (Å²) in [5.41, 5.74) is 0. The highest BCUT2D eigenvalue weighted by Gasteiger charge is 2.44. The molecule has 2 rings (SSSR count). The highest BCUT2D eigenvalue weighted by Crippen LogP contribution is 2.44. The van der Waals surface area contributed by atoms with Gasteiger partial charge in [0.1, 0.15) is 0 Å². The zero-order valence-electron chi connectivity index (χ0n) is 5.33. The molecule has 2 N–H and O–H groups in total. The lowest BCUT2D eigenvalue weighted by atomic mass is 9.95. The third kappa shape index (κ3) is 0.700. The molecule has 0 aromatic rings. The van der Waals surface area contributed by atoms with Gasteiger partial charge < -0.3 is 10.2 Å². The van der Waals surface area contributed by atoms with Crippen molar-refractivity contribution in [3.05, 3.63) is 0 Å². The summed E-state index contributed by atoms with van der Waals surface area (Å²) in [5, 5.41) is 18.5. The summed E-state index contributed by atoms with van der Waals surface area (Å²) in [6.45, 7) is 0. The second-order valence-electron chi connectivity index (χ2n) is 3.37. The Morgan fingerprint density at radius 2 is 1.44 bits per heavy atom. The summed E-state index contributed by atoms with van der Waals surface area (Å²) >= 11 is 0. The van der Waals surface area contributed by atoms with E-state index in [1.807, 2.05) is 0 Å². The Hall–Kier alpha value is -0.0800. The van der Waals surface area contributed by atoms with Crippen molar-refractivity contribution in [3.8, 4) is 0 Å². The average Bonchev–Trinajstić information content (AvgIpc) is 2.22. The van der Waals surface area contributed by atoms with E-state index in [4.69, 9.17) is 0 Å². The molecule has 2 bridgehead atoms. The van der Waals surface area contributed by atoms with Crippen LogP contribution in [0.15, 0.2) is 0 Å². The van der Waals surface area contributed by atoms with Crippen molar-refractivity contribution in [2.24, 2.45) is 11.8 Å². The zero-order valence-corrected chi connectivity index (χ0v) is 5.33. The summed E-state index contributed by atoms with van der Waals surface area (Å²) in [6.07, 6.45) is 2.53. The van der Waals surface area contributed by atoms with Crippen molar-refractivity contribution in [2.45, 2.75) is 31.5 Å². The molecule has 0 heterocycles. The van der Waals surface area contributed by atoms with Crippen LogP contribution in [-0.2, 0) is 0 Å². The molecule has 0 aliphatic heterocycles. The van der Waals surface area contributed by atoms with Crippen LogP contribution in [0.1, 0.15) is 19.3 Å². The highest BCUT2D eigenvalue weighted by atomic mass is 16.3. The molecule has 9 heavy (non-hydrogen) atoms. The Morgan fingerprint density at radius 1 is 0.889 bits per heavy atom. The second kappa shape index (κ2) is 1.70. The quantitative estimate of drug-likeness (QED) is 0.487. The minimum absolute atomic E-state index is 0.196. The van der Waals surface area contributed by atoms with Crippen molar-refractivity contribution in [2.75, 3.05) is 0 Å². The van der Waals surface area contributed by atoms with Gasteiger partial charge in [0.2, 0.25) is 0 Å². The molecule has 52 valence electrons. The standard InChI is InChI=1S/C7H12O2/c8-6-2-4-1-5(6)7(9)3-4/h4-9H,1-3H2/t4?,5?,6-,7+. The summed E-state index contributed by atoms with van der Waals surface area (Å²) in [5.74, 6) is 0.843. The van der Waals surface area contributed by atoms with Gasteiger partial charge >= 0.3 is 0 Å². The van der Waals surface area contributed by atoms with Gasteiger partial charge in [0.05, 0.1) is 12.2 Å². The average molecular weight is 128 g/mol. The molecule has 2 nitrogen and oxygen atoms in total. The first-order chi connectivity index (χ1) is 4.27. The predicted molar refractivity (Wildman–Crippen MR) is 32.8 cm³/mol. The van der Waals surface area contributed by atoms with Crippen molar-refractivity contribution < 1.29 is 10.2 Å². The molecule has 0 amide bonds. The van der Waals surface area contributed by atoms with Gasteiger partial charge in [-0.3, -0.25) is 0 Å². The molecular weight excluding hydrogens is 116 g/mol. The van der Waals surface area contributed by atoms with Crippen LogP contribution in [0.3, 0.4) is 0 Å². The maximum Gasteiger partial charge on any atom is 0.0595 e. The molecule has 2 aliphatic carbocycles. The first kappa shape index (κ1) is 5.69. The Kier molecular flexibility index (Phi) is 1.08. The van der Waals surface area contributed by atoms with Crippen molar-refractivity contribution in [1.29, 1.82) is 0 Å². The van der Waals surface area contributed by atoms with Crippen LogP contribution in [0, 0.1) is 11.8 Å². The third-order valence-corrected chi connectivity index (χ3v) is 2.74. The molecular formula is C7H12O2. The Labute approximate surface area is 54.5 Å². The maximum atomic E-state index is 9.23. The zero-order chi connectivity index (χ0) is 6.43. The number of hydrogen-bond acceptors (Lipinski definition) is 2. The molecule has 2 saturated carbocycles. The lowest BCUT2D eigenvalue weighted by Gasteiger charge is -2.20. The SMILES string of the molecule is O[C@@H]1CC2CC1[C@@H](O)C2. The first-order valence-electron chi connectivity index (χ1n) is 3.63. The minimum Gasteiger partial charge on any atom is -0.393 e. The molecule has 2 unspecified atom stereocenters. The smallest absolute Gasteiger partial charge is 0.0595 e. The van der Waals surface area contributed by atoms with Gasteiger partial charge in [0, 0.05) is 5.92 Å². The van der Waals surface area contributed by atoms with Crippen LogP contribution in [0.25, 0.3) is 0 Å². The van der Waals surface area contributed by atoms with E-state index in [-0.39, 0.29) is 18.1 Å². The third-order valence-electron chi connectivity index (χ3n) is 2.74. The Morgan fingerprint density at radius 3 is 1.67 bits per heavy atom. The van der Waals surface area contributed by atoms with Gasteiger partial charge in [-0.15, -0.1) is 0 Å². The molecule has 0 aromatic carbocycles. The van der Waals surface area contributed by atoms with Gasteiger partial charge in [-0.2, -0.15) is 0 Å². The predicted octanol–water partition coefficient (Wildman–Crippen LogP) is 0.138. The van der Waals surface area contributed by atoms with Crippen molar-refractivity contribution in [3.63, 3.8) is 0 Å². The molecule has 0 spiro atoms. The van der Waals surface area contributed by atoms with Crippen LogP contribution in [0.5, 0.6) is 0 Å². The summed E-state index contributed by atoms with van der Waals surface area (Å²) in [7, 11) is 0. The highest BCUT2D eigenvalue weighted by molar-refractivity contribution is 4.95. The monoisotopic (exact) mass is 128 g/mol. The number of hydrogen-bond donors (Lipinski definition) is 2. The number of fused-ring (bicyclic) bond motifs is 2. The Balaban J connectivity index is 2.13. The van der Waals surface area contributed by atoms with Crippen LogP contribution in [0.2, 0.25) is 0 Å². The molecule has 2 aliphatic rings. The van der Waals surface area contributed by atoms with Gasteiger partial charge in [-0.25, -0.2) is 0 Å². The van der Waals surface area contributed by atoms with Crippen LogP contribution < -0.4 is 0 Å². The van der Waals surface area contributed by atoms with E-state index in [1.54, 1.807) is 0 Å². The van der Waals surface area contributed by atoms with E-state index in [9.17, 15) is 10.2 Å². The topological polar surface area (TPSA) is 40.5 Å². The summed E-state index contributed by atoms with van der Waals surface area (Å²) < 4.78 is 0. The van der Waals surface area contributed by atoms with E-state index in [2.05, 4.69) is 0 Å². The number of aliphatic hydroxyl groups excluding tert-OH is 2. The molecule has 4 atom stereocenters. The lowest BCUT2D eigenvalue weighted by Crippen LogP contribution is -2.27. The maximum absolute atomic E-state index is 9.23. The molecule has 0 saturated heterocycles. The van der Waals surface area contributed by atoms with E-state index in [1.165, 1.54) is 0 Å². The van der Waals surface area contributed by atoms with Crippen LogP contribution in [0.4, 0.5) is 0 Å². The molecule has 2 heteroatoms. The van der Waals surface area contributed by atoms with E-state index >= 15 is 0 Å². The van der Waals surface area contributed by atoms with Crippen LogP contribution >= 0.6 is 0 Å². The fraction of sp³-hybridized carbons (Fsp3) is 1.00. The largest absolute Gasteiger partial charge is 0.393 e. The first-order valence-corrected chi connectivity index (χ1v) is 3.63. The van der Waals surface area contributed by atoms with Crippen LogP contribution in [-0.4, -0.2) is 22.4 Å². The number of aliphatic hydroxyl groups is 2. The van der Waals surface area contributed by atoms with Gasteiger partial charge in [-0.05, 0) is 25.2 Å². The molecule has 2 fully saturated rings. The minimum atomic E-state index is -0.196. The fourth-order valence-electron chi connectivity index (χ4n) is 2.28. The normalized spacial score (nSPS) is 56.7. The second-order valence-corrected chi connectivity index (χ2v) is 3.37. The Bertz CT molecular complexity index is 112. The molecule has 0 radical (unpaired) electrons. The van der Waals surface area contributed by atoms with E-state index in [0.717, 1.165) is 19.3 Å². The number of rotatable bonds is 0. The summed E-state index contributed by atoms with van der Waals surface area (Å²) in [6, 6.07) is 0. The van der Waals surface area contributed by atoms with Gasteiger partial charge in [0.15, 0.2) is 0 Å². The lowest BCUT2D eigenvalue weighted by molar-refractivity contribution is 0.0202. The van der Waals surface area contributed by atoms with Gasteiger partial charge in [0.25, 0.3) is 0 Å². The van der Waals surface area contributed by atoms with Gasteiger partial charge in [-0.1, -0.05) is 0 Å². The summed E-state index contributed by atoms with van der Waals surface area (Å²) in [4.78, 5) is 0.